The molecule has 0 atom stereocenters. The first kappa shape index (κ1) is 19.4. The first-order chi connectivity index (χ1) is 12.3. The molecular weight excluding hydrogens is 316 g/mol. The molecule has 2 aliphatic rings. The maximum Gasteiger partial charge on any atom is 0.150 e. The summed E-state index contributed by atoms with van der Waals surface area (Å²) in [5, 5.41) is 11.1. The Hall–Kier alpha value is -1.91. The van der Waals surface area contributed by atoms with Crippen LogP contribution in [0.2, 0.25) is 0 Å². The molecule has 0 unspecified atom stereocenters. The van der Waals surface area contributed by atoms with E-state index in [-0.39, 0.29) is 5.75 Å². The largest absolute Gasteiger partial charge is 0.508 e. The molecule has 2 saturated heterocycles. The normalized spacial score (nSPS) is 16.8. The van der Waals surface area contributed by atoms with Crippen LogP contribution < -0.4 is 0 Å². The first-order valence-corrected chi connectivity index (χ1v) is 9.13. The van der Waals surface area contributed by atoms with Crippen LogP contribution in [0.1, 0.15) is 48.9 Å². The molecular formula is C21H28O4. The fraction of sp³-hybridized carbons (Fsp3) is 0.476. The van der Waals surface area contributed by atoms with Crippen molar-refractivity contribution in [1.29, 1.82) is 0 Å². The van der Waals surface area contributed by atoms with Crippen LogP contribution in [0.5, 0.6) is 5.75 Å². The predicted molar refractivity (Wildman–Crippen MR) is 100 cm³/mol. The topological polar surface area (TPSA) is 55.8 Å². The number of rotatable bonds is 1. The fourth-order valence-corrected chi connectivity index (χ4v) is 2.70. The Morgan fingerprint density at radius 3 is 1.68 bits per heavy atom. The highest BCUT2D eigenvalue weighted by Gasteiger charge is 1.97. The van der Waals surface area contributed by atoms with E-state index in [9.17, 15) is 9.90 Å². The van der Waals surface area contributed by atoms with Gasteiger partial charge >= 0.3 is 0 Å². The van der Waals surface area contributed by atoms with Gasteiger partial charge in [-0.25, -0.2) is 0 Å². The van der Waals surface area contributed by atoms with Gasteiger partial charge in [0.05, 0.1) is 0 Å². The molecule has 2 aliphatic heterocycles. The van der Waals surface area contributed by atoms with E-state index in [0.717, 1.165) is 43.5 Å². The van der Waals surface area contributed by atoms with Gasteiger partial charge in [0.1, 0.15) is 12.0 Å². The van der Waals surface area contributed by atoms with Crippen molar-refractivity contribution in [3.8, 4) is 5.75 Å². The van der Waals surface area contributed by atoms with Gasteiger partial charge in [0.2, 0.25) is 0 Å². The van der Waals surface area contributed by atoms with Gasteiger partial charge in [0.25, 0.3) is 0 Å². The zero-order chi connectivity index (χ0) is 17.7. The first-order valence-electron chi connectivity index (χ1n) is 9.13. The highest BCUT2D eigenvalue weighted by atomic mass is 16.5. The van der Waals surface area contributed by atoms with Crippen LogP contribution in [0.25, 0.3) is 10.8 Å². The fourth-order valence-electron chi connectivity index (χ4n) is 2.70. The molecule has 4 heteroatoms. The van der Waals surface area contributed by atoms with Crippen LogP contribution in [0, 0.1) is 0 Å². The molecule has 0 amide bonds. The summed E-state index contributed by atoms with van der Waals surface area (Å²) in [7, 11) is 0. The molecule has 0 bridgehead atoms. The van der Waals surface area contributed by atoms with Crippen molar-refractivity contribution < 1.29 is 19.4 Å². The molecule has 0 aliphatic carbocycles. The van der Waals surface area contributed by atoms with E-state index in [1.54, 1.807) is 30.3 Å². The van der Waals surface area contributed by atoms with Crippen molar-refractivity contribution in [2.24, 2.45) is 0 Å². The number of hydrogen-bond acceptors (Lipinski definition) is 4. The Balaban J connectivity index is 0.000000156. The molecule has 2 aromatic carbocycles. The third kappa shape index (κ3) is 7.67. The molecule has 136 valence electrons. The third-order valence-corrected chi connectivity index (χ3v) is 4.14. The van der Waals surface area contributed by atoms with Crippen LogP contribution in [-0.4, -0.2) is 37.8 Å². The van der Waals surface area contributed by atoms with Crippen LogP contribution in [0.15, 0.2) is 36.4 Å². The average Bonchev–Trinajstić information content (AvgIpc) is 2.71. The summed E-state index contributed by atoms with van der Waals surface area (Å²) in [4.78, 5) is 10.5. The van der Waals surface area contributed by atoms with Crippen molar-refractivity contribution in [1.82, 2.24) is 0 Å². The van der Waals surface area contributed by atoms with E-state index in [1.165, 1.54) is 38.5 Å². The number of hydrogen-bond donors (Lipinski definition) is 1. The van der Waals surface area contributed by atoms with Gasteiger partial charge < -0.3 is 14.6 Å². The molecule has 0 saturated carbocycles. The third-order valence-electron chi connectivity index (χ3n) is 4.14. The van der Waals surface area contributed by atoms with Crippen molar-refractivity contribution >= 4 is 17.1 Å². The minimum Gasteiger partial charge on any atom is -0.508 e. The number of carbonyl (C=O) groups excluding carboxylic acids is 1. The molecule has 0 aromatic heterocycles. The van der Waals surface area contributed by atoms with Gasteiger partial charge in [-0.15, -0.1) is 0 Å². The predicted octanol–water partition coefficient (Wildman–Crippen LogP) is 4.73. The van der Waals surface area contributed by atoms with E-state index in [1.807, 2.05) is 6.07 Å². The summed E-state index contributed by atoms with van der Waals surface area (Å²) in [6.07, 6.45) is 8.67. The van der Waals surface area contributed by atoms with Crippen molar-refractivity contribution in [2.45, 2.75) is 38.5 Å². The minimum absolute atomic E-state index is 0.242. The van der Waals surface area contributed by atoms with E-state index in [0.29, 0.717) is 5.56 Å². The SMILES string of the molecule is C1CCOCC1.C1CCOCC1.O=Cc1ccc2cc(O)ccc2c1. The number of aromatic hydroxyl groups is 1. The van der Waals surface area contributed by atoms with Crippen LogP contribution in [0.3, 0.4) is 0 Å². The zero-order valence-electron chi connectivity index (χ0n) is 14.8. The molecule has 25 heavy (non-hydrogen) atoms. The van der Waals surface area contributed by atoms with Gasteiger partial charge in [0.15, 0.2) is 0 Å². The summed E-state index contributed by atoms with van der Waals surface area (Å²) in [6.45, 7) is 4.00. The Morgan fingerprint density at radius 2 is 1.24 bits per heavy atom. The molecule has 2 fully saturated rings. The lowest BCUT2D eigenvalue weighted by atomic mass is 10.1. The van der Waals surface area contributed by atoms with Gasteiger partial charge in [-0.2, -0.15) is 0 Å². The maximum absolute atomic E-state index is 10.5. The van der Waals surface area contributed by atoms with Gasteiger partial charge in [-0.3, -0.25) is 4.79 Å². The number of ether oxygens (including phenoxy) is 2. The summed E-state index contributed by atoms with van der Waals surface area (Å²) in [6, 6.07) is 10.4. The van der Waals surface area contributed by atoms with Gasteiger partial charge in [-0.1, -0.05) is 18.2 Å². The summed E-state index contributed by atoms with van der Waals surface area (Å²) in [5.41, 5.74) is 0.651. The van der Waals surface area contributed by atoms with Crippen LogP contribution >= 0.6 is 0 Å². The average molecular weight is 344 g/mol. The highest BCUT2D eigenvalue weighted by Crippen LogP contribution is 2.20. The molecule has 0 radical (unpaired) electrons. The monoisotopic (exact) mass is 344 g/mol. The molecule has 2 aromatic rings. The minimum atomic E-state index is 0.242. The van der Waals surface area contributed by atoms with E-state index in [2.05, 4.69) is 0 Å². The Morgan fingerprint density at radius 1 is 0.720 bits per heavy atom. The molecule has 4 nitrogen and oxygen atoms in total. The molecule has 0 spiro atoms. The second-order valence-electron chi connectivity index (χ2n) is 6.25. The van der Waals surface area contributed by atoms with Gasteiger partial charge in [-0.05, 0) is 67.5 Å². The van der Waals surface area contributed by atoms with E-state index >= 15 is 0 Å². The lowest BCUT2D eigenvalue weighted by Gasteiger charge is -2.08. The number of benzene rings is 2. The number of fused-ring (bicyclic) bond motifs is 1. The summed E-state index contributed by atoms with van der Waals surface area (Å²) < 4.78 is 10.1. The van der Waals surface area contributed by atoms with Crippen LogP contribution in [0.4, 0.5) is 0 Å². The van der Waals surface area contributed by atoms with E-state index in [4.69, 9.17) is 9.47 Å². The number of phenolic OH excluding ortho intramolecular Hbond substituents is 1. The smallest absolute Gasteiger partial charge is 0.150 e. The Kier molecular flexibility index (Phi) is 9.02. The summed E-state index contributed by atoms with van der Waals surface area (Å²) in [5.74, 6) is 0.242. The summed E-state index contributed by atoms with van der Waals surface area (Å²) >= 11 is 0. The molecule has 2 heterocycles. The number of carbonyl (C=O) groups is 1. The molecule has 4 rings (SSSR count). The van der Waals surface area contributed by atoms with Crippen molar-refractivity contribution in [2.75, 3.05) is 26.4 Å². The Bertz CT molecular complexity index is 596. The van der Waals surface area contributed by atoms with Crippen molar-refractivity contribution in [3.63, 3.8) is 0 Å². The quantitative estimate of drug-likeness (QED) is 0.760. The van der Waals surface area contributed by atoms with Gasteiger partial charge in [0, 0.05) is 32.0 Å². The second-order valence-corrected chi connectivity index (χ2v) is 6.25. The van der Waals surface area contributed by atoms with Crippen molar-refractivity contribution in [3.05, 3.63) is 42.0 Å². The van der Waals surface area contributed by atoms with Crippen LogP contribution in [-0.2, 0) is 9.47 Å². The zero-order valence-corrected chi connectivity index (χ0v) is 14.8. The lowest BCUT2D eigenvalue weighted by molar-refractivity contribution is 0.0967. The lowest BCUT2D eigenvalue weighted by Crippen LogP contribution is -2.03. The number of phenols is 1. The molecule has 1 N–H and O–H groups in total. The Labute approximate surface area is 149 Å². The number of aldehydes is 1. The maximum atomic E-state index is 10.5. The highest BCUT2D eigenvalue weighted by molar-refractivity contribution is 5.89. The second kappa shape index (κ2) is 11.6. The standard InChI is InChI=1S/C11H8O2.2C5H10O/c12-7-8-1-2-10-6-11(13)4-3-9(10)5-8;2*1-2-4-6-5-3-1/h1-7,13H;2*1-5H2. The van der Waals surface area contributed by atoms with E-state index < -0.39 is 0 Å².